The van der Waals surface area contributed by atoms with Crippen molar-refractivity contribution in [2.75, 3.05) is 0 Å². The monoisotopic (exact) mass is 501 g/mol. The standard InChI is InChI=1S/4BrH.Cu.2Li.6H2O/h4*1H;;;;6*1H2/q;;;;+2;2*+1;;;;;;/p-4. The Hall–Kier alpha value is 3.39. The third kappa shape index (κ3) is 240. The van der Waals surface area contributed by atoms with Crippen LogP contribution in [-0.2, 0) is 5.61 Å². The molecule has 0 spiro atoms. The molecule has 0 saturated carbocycles. The molecule has 13 heteroatoms. The van der Waals surface area contributed by atoms with Gasteiger partial charge in [0.1, 0.15) is 0 Å². The zero-order chi connectivity index (χ0) is 4.50. The van der Waals surface area contributed by atoms with E-state index >= 15 is 0 Å². The van der Waals surface area contributed by atoms with Gasteiger partial charge in [0.05, 0.1) is 0 Å². The summed E-state index contributed by atoms with van der Waals surface area (Å²) in [5.74, 6) is 0. The van der Waals surface area contributed by atoms with Gasteiger partial charge in [-0.2, -0.15) is 0 Å². The van der Waals surface area contributed by atoms with Gasteiger partial charge in [0, 0.05) is 0 Å². The first-order valence-electron chi connectivity index (χ1n) is 0.456. The third-order valence-corrected chi connectivity index (χ3v) is 0. The first-order chi connectivity index (χ1) is 2.00. The third-order valence-electron chi connectivity index (χ3n) is 0. The van der Waals surface area contributed by atoms with Crippen LogP contribution in [0.3, 0.4) is 0 Å². The number of halogens is 4. The maximum Gasteiger partial charge on any atom is 1.00 e. The fraction of sp³-hybridized carbons (Fsp3) is 0. The molecular formula is H12Br4CuLi2O6. The van der Waals surface area contributed by atoms with Crippen LogP contribution in [0.4, 0.5) is 0 Å². The molecule has 12 N–H and O–H groups in total. The molecule has 13 heavy (non-hydrogen) atoms. The van der Waals surface area contributed by atoms with E-state index in [4.69, 9.17) is 0 Å². The predicted molar refractivity (Wildman–Crippen MR) is 57.4 cm³/mol. The molecule has 0 atom stereocenters. The Kier molecular flexibility index (Phi) is 198. The molecule has 0 aliphatic carbocycles. The molecule has 0 rings (SSSR count). The summed E-state index contributed by atoms with van der Waals surface area (Å²) in [5.41, 5.74) is -0.875. The summed E-state index contributed by atoms with van der Waals surface area (Å²) >= 11 is 12.8. The maximum atomic E-state index is 3.20. The van der Waals surface area contributed by atoms with Crippen LogP contribution in [-0.4, -0.2) is 32.9 Å². The molecule has 0 fully saturated rings. The van der Waals surface area contributed by atoms with E-state index in [1.54, 1.807) is 0 Å². The molecule has 6 nitrogen and oxygen atoms in total. The van der Waals surface area contributed by atoms with Crippen molar-refractivity contribution in [3.05, 3.63) is 0 Å². The van der Waals surface area contributed by atoms with Crippen LogP contribution >= 0.6 is 56.4 Å². The molecule has 0 saturated heterocycles. The Bertz CT molecular complexity index is 38.1. The summed E-state index contributed by atoms with van der Waals surface area (Å²) in [6.07, 6.45) is 0. The predicted octanol–water partition coefficient (Wildman–Crippen LogP) is -7.56. The number of hydrogen-bond donors (Lipinski definition) is 0. The SMILES string of the molecule is O.O.O.O.O.O.[Br][Cu-2]([Br])([Br])[Br].[Li+].[Li+]. The van der Waals surface area contributed by atoms with E-state index in [1.165, 1.54) is 0 Å². The van der Waals surface area contributed by atoms with Gasteiger partial charge < -0.3 is 32.9 Å². The summed E-state index contributed by atoms with van der Waals surface area (Å²) < 4.78 is 0. The van der Waals surface area contributed by atoms with Crippen molar-refractivity contribution in [2.24, 2.45) is 0 Å². The minimum atomic E-state index is -0.875. The topological polar surface area (TPSA) is 189 Å². The van der Waals surface area contributed by atoms with Crippen molar-refractivity contribution in [2.45, 2.75) is 0 Å². The van der Waals surface area contributed by atoms with Crippen LogP contribution in [0.5, 0.6) is 0 Å². The van der Waals surface area contributed by atoms with Gasteiger partial charge in [0.25, 0.3) is 0 Å². The zero-order valence-corrected chi connectivity index (χ0v) is 14.1. The molecule has 0 aliphatic rings. The second kappa shape index (κ2) is 36.1. The second-order valence-electron chi connectivity index (χ2n) is 0.258. The van der Waals surface area contributed by atoms with E-state index in [0.717, 1.165) is 0 Å². The van der Waals surface area contributed by atoms with Gasteiger partial charge in [-0.25, -0.2) is 0 Å². The molecule has 0 unspecified atom stereocenters. The summed E-state index contributed by atoms with van der Waals surface area (Å²) in [6, 6.07) is 0. The number of hydrogen-bond acceptors (Lipinski definition) is 0. The molecule has 0 aromatic heterocycles. The average Bonchev–Trinajstić information content (AvgIpc) is 0.722. The smallest absolute Gasteiger partial charge is 1.00 e. The van der Waals surface area contributed by atoms with E-state index in [2.05, 4.69) is 56.4 Å². The van der Waals surface area contributed by atoms with E-state index in [1.807, 2.05) is 0 Å². The molecule has 0 bridgehead atoms. The van der Waals surface area contributed by atoms with Crippen molar-refractivity contribution < 1.29 is 76.2 Å². The van der Waals surface area contributed by atoms with Gasteiger partial charge >= 0.3 is 99.8 Å². The van der Waals surface area contributed by atoms with Gasteiger partial charge in [0.2, 0.25) is 0 Å². The maximum absolute atomic E-state index is 3.20. The van der Waals surface area contributed by atoms with Crippen molar-refractivity contribution in [3.63, 3.8) is 0 Å². The Labute approximate surface area is 131 Å². The van der Waals surface area contributed by atoms with Gasteiger partial charge in [-0.1, -0.05) is 0 Å². The van der Waals surface area contributed by atoms with E-state index in [0.29, 0.717) is 0 Å². The number of rotatable bonds is 0. The first-order valence-corrected chi connectivity index (χ1v) is 9.77. The average molecular weight is 505 g/mol. The molecule has 0 radical (unpaired) electrons. The Morgan fingerprint density at radius 3 is 0.462 bits per heavy atom. The van der Waals surface area contributed by atoms with E-state index in [9.17, 15) is 0 Å². The molecule has 0 heterocycles. The van der Waals surface area contributed by atoms with Crippen molar-refractivity contribution >= 4 is 56.4 Å². The van der Waals surface area contributed by atoms with Crippen molar-refractivity contribution in [1.82, 2.24) is 0 Å². The van der Waals surface area contributed by atoms with Gasteiger partial charge in [0.15, 0.2) is 0 Å². The van der Waals surface area contributed by atoms with Crippen LogP contribution in [0.1, 0.15) is 0 Å². The van der Waals surface area contributed by atoms with Crippen molar-refractivity contribution in [1.29, 1.82) is 0 Å². The molecule has 89 valence electrons. The van der Waals surface area contributed by atoms with E-state index < -0.39 is 5.61 Å². The van der Waals surface area contributed by atoms with Gasteiger partial charge in [-0.15, -0.1) is 0 Å². The Morgan fingerprint density at radius 1 is 0.462 bits per heavy atom. The first kappa shape index (κ1) is 71.1. The second-order valence-corrected chi connectivity index (χ2v) is 28.8. The largest absolute Gasteiger partial charge is 1.00 e. The minimum absolute atomic E-state index is 0. The summed E-state index contributed by atoms with van der Waals surface area (Å²) in [6.45, 7) is 0. The molecular weight excluding hydrogens is 493 g/mol. The molecule has 0 aromatic rings. The summed E-state index contributed by atoms with van der Waals surface area (Å²) in [7, 11) is 0. The fourth-order valence-electron chi connectivity index (χ4n) is 0. The summed E-state index contributed by atoms with van der Waals surface area (Å²) in [4.78, 5) is 0. The quantitative estimate of drug-likeness (QED) is 0.283. The molecule has 0 aromatic carbocycles. The van der Waals surface area contributed by atoms with Gasteiger partial charge in [-0.3, -0.25) is 0 Å². The Balaban J connectivity index is -0.00000000286. The van der Waals surface area contributed by atoms with Crippen LogP contribution in [0, 0.1) is 0 Å². The molecule has 0 amide bonds. The Morgan fingerprint density at radius 2 is 0.462 bits per heavy atom. The van der Waals surface area contributed by atoms with Crippen LogP contribution < -0.4 is 37.7 Å². The molecule has 0 aliphatic heterocycles. The normalized spacial score (nSPS) is 5.85. The fourth-order valence-corrected chi connectivity index (χ4v) is 0. The van der Waals surface area contributed by atoms with Crippen LogP contribution in [0.25, 0.3) is 0 Å². The minimum Gasteiger partial charge on any atom is 1.00 e. The van der Waals surface area contributed by atoms with E-state index in [-0.39, 0.29) is 70.6 Å². The van der Waals surface area contributed by atoms with Crippen molar-refractivity contribution in [3.8, 4) is 0 Å². The van der Waals surface area contributed by atoms with Crippen LogP contribution in [0.15, 0.2) is 0 Å². The van der Waals surface area contributed by atoms with Gasteiger partial charge in [-0.05, 0) is 0 Å². The zero-order valence-electron chi connectivity index (χ0n) is 6.81. The summed E-state index contributed by atoms with van der Waals surface area (Å²) in [5, 5.41) is 0. The van der Waals surface area contributed by atoms with Crippen LogP contribution in [0.2, 0.25) is 0 Å².